The van der Waals surface area contributed by atoms with Gasteiger partial charge in [0.25, 0.3) is 0 Å². The first-order valence-electron chi connectivity index (χ1n) is 25.4. The molecular weight excluding hydrogens is 940 g/mol. The molecule has 2 aromatic carbocycles. The van der Waals surface area contributed by atoms with Crippen molar-refractivity contribution in [3.05, 3.63) is 88.8 Å². The molecule has 13 nitrogen and oxygen atoms in total. The van der Waals surface area contributed by atoms with Crippen molar-refractivity contribution in [3.63, 3.8) is 0 Å². The Morgan fingerprint density at radius 1 is 0.957 bits per heavy atom. The molecule has 0 spiro atoms. The van der Waals surface area contributed by atoms with Crippen LogP contribution in [0.3, 0.4) is 0 Å². The van der Waals surface area contributed by atoms with Crippen LogP contribution in [0.1, 0.15) is 142 Å². The van der Waals surface area contributed by atoms with Gasteiger partial charge in [-0.3, -0.25) is 9.59 Å². The number of ketones is 1. The number of β-amino-alcohol motifs (C(OH)–C–C–N with tert-alkyl or cyclic N) is 1. The predicted octanol–water partition coefficient (Wildman–Crippen LogP) is 11.3. The number of thiazole rings is 1. The lowest BCUT2D eigenvalue weighted by atomic mass is 9.76. The zero-order valence-electron chi connectivity index (χ0n) is 42.5. The quantitative estimate of drug-likeness (QED) is 0.0464. The Labute approximate surface area is 426 Å². The number of nitrogens with zero attached hydrogens (tertiary/aromatic N) is 5. The van der Waals surface area contributed by atoms with Crippen molar-refractivity contribution in [2.75, 3.05) is 36.8 Å². The molecule has 0 saturated carbocycles. The third-order valence-electron chi connectivity index (χ3n) is 13.9. The average Bonchev–Trinajstić information content (AvgIpc) is 3.94. The van der Waals surface area contributed by atoms with Crippen LogP contribution in [0, 0.1) is 18.3 Å². The first-order chi connectivity index (χ1) is 33.3. The molecule has 2 aliphatic heterocycles. The lowest BCUT2D eigenvalue weighted by Crippen LogP contribution is -2.47. The SMILES string of the molecule is C=C(N[C@@H](C)c1ccc(-c2scnc2C)cc1)[C@@H]1C[C@@H](O)CN1C(=O)[C@@H](CC(=O)CCCCCCCCCCN1CCC[C@@H](Nc2ncc(Cl)c(Nc3ccccc3S(=O)(=O)C(C)C)n2)C1)C(C)(C)C. The number of aromatic nitrogens is 3. The molecule has 0 radical (unpaired) electrons. The largest absolute Gasteiger partial charge is 0.391 e. The number of aryl methyl sites for hydroxylation is 1. The molecule has 5 atom stereocenters. The number of aliphatic hydroxyl groups is 1. The van der Waals surface area contributed by atoms with E-state index in [1.54, 1.807) is 54.3 Å². The highest BCUT2D eigenvalue weighted by Crippen LogP contribution is 2.36. The first kappa shape index (κ1) is 54.9. The van der Waals surface area contributed by atoms with E-state index >= 15 is 0 Å². The fourth-order valence-corrected chi connectivity index (χ4v) is 11.8. The molecule has 382 valence electrons. The molecule has 4 aromatic rings. The molecule has 2 aliphatic rings. The summed E-state index contributed by atoms with van der Waals surface area (Å²) < 4.78 is 26.0. The minimum absolute atomic E-state index is 0.0561. The molecule has 70 heavy (non-hydrogen) atoms. The Hall–Kier alpha value is -4.41. The third kappa shape index (κ3) is 15.1. The van der Waals surface area contributed by atoms with E-state index in [2.05, 4.69) is 73.6 Å². The van der Waals surface area contributed by atoms with Crippen LogP contribution in [0.2, 0.25) is 5.02 Å². The van der Waals surface area contributed by atoms with Gasteiger partial charge < -0.3 is 30.9 Å². The van der Waals surface area contributed by atoms with Crippen LogP contribution in [0.15, 0.2) is 77.4 Å². The number of aliphatic hydroxyl groups excluding tert-OH is 1. The van der Waals surface area contributed by atoms with Gasteiger partial charge >= 0.3 is 0 Å². The van der Waals surface area contributed by atoms with Gasteiger partial charge in [0, 0.05) is 56.1 Å². The predicted molar refractivity (Wildman–Crippen MR) is 285 cm³/mol. The Morgan fingerprint density at radius 2 is 1.64 bits per heavy atom. The van der Waals surface area contributed by atoms with Crippen LogP contribution in [0.25, 0.3) is 10.4 Å². The molecule has 6 rings (SSSR count). The number of piperidine rings is 1. The second-order valence-corrected chi connectivity index (χ2v) is 24.5. The van der Waals surface area contributed by atoms with Gasteiger partial charge in [-0.15, -0.1) is 11.3 Å². The van der Waals surface area contributed by atoms with Crippen molar-refractivity contribution in [2.45, 2.75) is 166 Å². The van der Waals surface area contributed by atoms with Gasteiger partial charge in [-0.1, -0.05) is 114 Å². The summed E-state index contributed by atoms with van der Waals surface area (Å²) in [6, 6.07) is 15.0. The molecular formula is C54H77ClN8O5S2. The highest BCUT2D eigenvalue weighted by atomic mass is 35.5. The molecule has 0 aliphatic carbocycles. The van der Waals surface area contributed by atoms with E-state index in [1.165, 1.54) is 25.5 Å². The third-order valence-corrected chi connectivity index (χ3v) is 17.4. The Kier molecular flexibility index (Phi) is 19.9. The van der Waals surface area contributed by atoms with Crippen LogP contribution < -0.4 is 16.0 Å². The topological polar surface area (TPSA) is 170 Å². The van der Waals surface area contributed by atoms with E-state index < -0.39 is 32.5 Å². The van der Waals surface area contributed by atoms with Gasteiger partial charge in [0.05, 0.1) is 50.3 Å². The number of anilines is 3. The number of sulfone groups is 1. The maximum Gasteiger partial charge on any atom is 0.227 e. The number of nitrogens with one attached hydrogen (secondary N) is 3. The second kappa shape index (κ2) is 25.3. The number of carbonyl (C=O) groups excluding carboxylic acids is 2. The lowest BCUT2D eigenvalue weighted by molar-refractivity contribution is -0.142. The number of amides is 1. The van der Waals surface area contributed by atoms with Gasteiger partial charge in [-0.25, -0.2) is 18.4 Å². The highest BCUT2D eigenvalue weighted by molar-refractivity contribution is 7.92. The molecule has 1 amide bonds. The zero-order valence-corrected chi connectivity index (χ0v) is 44.9. The number of hydrogen-bond donors (Lipinski definition) is 4. The summed E-state index contributed by atoms with van der Waals surface area (Å²) in [5, 5.41) is 20.7. The smallest absolute Gasteiger partial charge is 0.227 e. The number of unbranched alkanes of at least 4 members (excludes halogenated alkanes) is 7. The van der Waals surface area contributed by atoms with E-state index in [9.17, 15) is 23.1 Å². The monoisotopic (exact) mass is 1020 g/mol. The standard InChI is InChI=1S/C54H77ClN8O5S2/c1-36(2)70(67,68)49-23-17-16-22-47(49)60-51-46(55)32-56-53(61-51)59-42-20-19-29-62(33-42)28-18-14-12-10-9-11-13-15-21-43(64)30-45(54(6,7)8)52(66)63-34-44(65)31-48(63)38(4)58-37(3)40-24-26-41(27-25-40)50-39(5)57-35-69-50/h16-17,22-27,32,35-37,42,44-45,48,58,65H,4,9-15,18-21,28-31,33-34H2,1-3,5-8H3,(H2,56,59,60,61)/t37-,42+,44+,45+,48-/m0/s1. The van der Waals surface area contributed by atoms with Crippen LogP contribution in [0.5, 0.6) is 0 Å². The van der Waals surface area contributed by atoms with Crippen LogP contribution >= 0.6 is 22.9 Å². The maximum atomic E-state index is 14.3. The van der Waals surface area contributed by atoms with Crippen molar-refractivity contribution in [2.24, 2.45) is 11.3 Å². The van der Waals surface area contributed by atoms with Gasteiger partial charge in [0.2, 0.25) is 11.9 Å². The Bertz CT molecular complexity index is 2480. The first-order valence-corrected chi connectivity index (χ1v) is 28.2. The van der Waals surface area contributed by atoms with E-state index in [4.69, 9.17) is 11.6 Å². The van der Waals surface area contributed by atoms with Gasteiger partial charge in [0.15, 0.2) is 15.7 Å². The highest BCUT2D eigenvalue weighted by Gasteiger charge is 2.43. The molecule has 16 heteroatoms. The van der Waals surface area contributed by atoms with E-state index in [-0.39, 0.29) is 47.7 Å². The number of carbonyl (C=O) groups is 2. The van der Waals surface area contributed by atoms with E-state index in [1.807, 2.05) is 33.2 Å². The van der Waals surface area contributed by atoms with Crippen LogP contribution in [0.4, 0.5) is 17.5 Å². The summed E-state index contributed by atoms with van der Waals surface area (Å²) in [7, 11) is -3.52. The summed E-state index contributed by atoms with van der Waals surface area (Å²) in [4.78, 5) is 46.8. The Balaban J connectivity index is 0.862. The number of likely N-dealkylation sites (tertiary alicyclic amines) is 2. The molecule has 2 fully saturated rings. The lowest BCUT2D eigenvalue weighted by Gasteiger charge is -2.36. The number of benzene rings is 2. The fraction of sp³-hybridized carbons (Fsp3) is 0.574. The van der Waals surface area contributed by atoms with E-state index in [0.29, 0.717) is 41.0 Å². The number of Topliss-reactive ketones (excluding diaryl/α,β-unsaturated/α-hetero) is 1. The van der Waals surface area contributed by atoms with Crippen molar-refractivity contribution in [1.82, 2.24) is 30.1 Å². The minimum Gasteiger partial charge on any atom is -0.391 e. The normalized spacial score (nSPS) is 18.7. The fourth-order valence-electron chi connectivity index (χ4n) is 9.64. The Morgan fingerprint density at radius 3 is 2.31 bits per heavy atom. The second-order valence-electron chi connectivity index (χ2n) is 20.8. The number of para-hydroxylation sites is 1. The average molecular weight is 1020 g/mol. The molecule has 2 saturated heterocycles. The summed E-state index contributed by atoms with van der Waals surface area (Å²) in [5.41, 5.74) is 5.81. The van der Waals surface area contributed by atoms with Gasteiger partial charge in [-0.05, 0) is 95.1 Å². The van der Waals surface area contributed by atoms with Gasteiger partial charge in [-0.2, -0.15) is 4.98 Å². The summed E-state index contributed by atoms with van der Waals surface area (Å²) in [6.07, 6.45) is 12.8. The van der Waals surface area contributed by atoms with Crippen molar-refractivity contribution in [3.8, 4) is 10.4 Å². The number of halogens is 1. The summed E-state index contributed by atoms with van der Waals surface area (Å²) in [6.45, 7) is 21.1. The molecule has 0 unspecified atom stereocenters. The minimum atomic E-state index is -3.52. The number of rotatable bonds is 25. The van der Waals surface area contributed by atoms with Crippen LogP contribution in [-0.4, -0.2) is 99.6 Å². The van der Waals surface area contributed by atoms with E-state index in [0.717, 1.165) is 86.3 Å². The molecule has 0 bridgehead atoms. The molecule has 4 N–H and O–H groups in total. The van der Waals surface area contributed by atoms with Crippen molar-refractivity contribution < 1.29 is 23.1 Å². The zero-order chi connectivity index (χ0) is 50.6. The molecule has 2 aromatic heterocycles. The van der Waals surface area contributed by atoms with Crippen molar-refractivity contribution >= 4 is 61.9 Å². The van der Waals surface area contributed by atoms with Crippen molar-refractivity contribution in [1.29, 1.82) is 0 Å². The van der Waals surface area contributed by atoms with Crippen LogP contribution in [-0.2, 0) is 19.4 Å². The number of hydrogen-bond acceptors (Lipinski definition) is 13. The summed E-state index contributed by atoms with van der Waals surface area (Å²) in [5.74, 6) is 0.352. The summed E-state index contributed by atoms with van der Waals surface area (Å²) >= 11 is 8.10. The van der Waals surface area contributed by atoms with Gasteiger partial charge in [0.1, 0.15) is 10.8 Å². The maximum absolute atomic E-state index is 14.3. The molecule has 4 heterocycles.